The van der Waals surface area contributed by atoms with Gasteiger partial charge in [-0.25, -0.2) is 0 Å². The number of phenols is 1. The minimum Gasteiger partial charge on any atom is -0.507 e. The molecule has 222 valence electrons. The maximum atomic E-state index is 11.4. The van der Waals surface area contributed by atoms with E-state index in [9.17, 15) is 28.3 Å². The first-order valence-corrected chi connectivity index (χ1v) is 14.5. The third-order valence-corrected chi connectivity index (χ3v) is 7.50. The van der Waals surface area contributed by atoms with Crippen molar-refractivity contribution in [3.05, 3.63) is 47.1 Å². The highest BCUT2D eigenvalue weighted by Crippen LogP contribution is 2.47. The van der Waals surface area contributed by atoms with Gasteiger partial charge in [0, 0.05) is 11.5 Å². The molecule has 1 saturated heterocycles. The van der Waals surface area contributed by atoms with E-state index in [1.165, 1.54) is 5.57 Å². The minimum absolute atomic E-state index is 0.00815. The molecule has 1 aromatic rings. The topological polar surface area (TPSA) is 200 Å². The highest BCUT2D eigenvalue weighted by Gasteiger charge is 2.41. The Morgan fingerprint density at radius 3 is 2.44 bits per heavy atom. The van der Waals surface area contributed by atoms with E-state index >= 15 is 0 Å². The van der Waals surface area contributed by atoms with Gasteiger partial charge in [-0.15, -0.1) is 0 Å². The van der Waals surface area contributed by atoms with Crippen molar-refractivity contribution in [2.24, 2.45) is 11.7 Å². The van der Waals surface area contributed by atoms with Gasteiger partial charge < -0.3 is 40.2 Å². The molecule has 7 atom stereocenters. The lowest BCUT2D eigenvalue weighted by molar-refractivity contribution is -0.248. The highest BCUT2D eigenvalue weighted by atomic mass is 32.3. The number of aliphatic hydroxyl groups excluding tert-OH is 4. The van der Waals surface area contributed by atoms with Crippen molar-refractivity contribution in [2.75, 3.05) is 6.61 Å². The number of rotatable bonds is 9. The number of aliphatic hydroxyl groups is 4. The zero-order valence-corrected chi connectivity index (χ0v) is 23.5. The van der Waals surface area contributed by atoms with Gasteiger partial charge in [-0.1, -0.05) is 43.6 Å². The van der Waals surface area contributed by atoms with Crippen LogP contribution in [-0.4, -0.2) is 75.8 Å². The lowest BCUT2D eigenvalue weighted by Crippen LogP contribution is -2.61. The third kappa shape index (κ3) is 9.25. The van der Waals surface area contributed by atoms with Crippen molar-refractivity contribution in [1.82, 2.24) is 0 Å². The molecule has 0 aromatic heterocycles. The van der Waals surface area contributed by atoms with Crippen LogP contribution in [0.4, 0.5) is 0 Å². The molecule has 0 radical (unpaired) electrons. The molecule has 0 unspecified atom stereocenters. The Kier molecular flexibility index (Phi) is 12.4. The largest absolute Gasteiger partial charge is 0.507 e. The van der Waals surface area contributed by atoms with Crippen LogP contribution >= 0.6 is 0 Å². The molecule has 12 heteroatoms. The second-order valence-electron chi connectivity index (χ2n) is 10.3. The van der Waals surface area contributed by atoms with Crippen LogP contribution in [0.5, 0.6) is 11.5 Å². The zero-order valence-electron chi connectivity index (χ0n) is 22.7. The van der Waals surface area contributed by atoms with Gasteiger partial charge in [0.2, 0.25) is 0 Å². The van der Waals surface area contributed by atoms with Gasteiger partial charge in [0.25, 0.3) is 0 Å². The van der Waals surface area contributed by atoms with E-state index in [0.717, 1.165) is 43.2 Å². The number of nitrogens with two attached hydrogens (primary N) is 1. The van der Waals surface area contributed by atoms with Crippen molar-refractivity contribution in [2.45, 2.75) is 95.9 Å². The molecular weight excluding hydrogens is 530 g/mol. The fraction of sp³-hybridized carbons (Fsp3) is 0.630. The van der Waals surface area contributed by atoms with Gasteiger partial charge >= 0.3 is 10.4 Å². The minimum atomic E-state index is -4.70. The molecular formula is C27H43NO10S. The molecule has 0 bridgehead atoms. The molecule has 0 saturated carbocycles. The van der Waals surface area contributed by atoms with Crippen LogP contribution in [0.3, 0.4) is 0 Å². The second kappa shape index (κ2) is 14.6. The Hall–Kier alpha value is -2.03. The summed E-state index contributed by atoms with van der Waals surface area (Å²) in [5, 5.41) is 46.8. The van der Waals surface area contributed by atoms with E-state index in [1.807, 2.05) is 19.9 Å². The average Bonchev–Trinajstić information content (AvgIpc) is 2.84. The number of unbranched alkanes of at least 4 members (excludes halogenated alkanes) is 2. The summed E-state index contributed by atoms with van der Waals surface area (Å²) in [4.78, 5) is 0. The van der Waals surface area contributed by atoms with Crippen LogP contribution in [-0.2, 0) is 21.6 Å². The summed E-state index contributed by atoms with van der Waals surface area (Å²) in [6.45, 7) is 9.64. The van der Waals surface area contributed by atoms with Gasteiger partial charge in [0.15, 0.2) is 12.0 Å². The predicted molar refractivity (Wildman–Crippen MR) is 146 cm³/mol. The lowest BCUT2D eigenvalue weighted by Gasteiger charge is -2.38. The summed E-state index contributed by atoms with van der Waals surface area (Å²) in [5.74, 6) is -0.206. The number of allylic oxidation sites excluding steroid dienone is 3. The van der Waals surface area contributed by atoms with Crippen molar-refractivity contribution >= 4 is 10.4 Å². The van der Waals surface area contributed by atoms with Crippen molar-refractivity contribution in [3.8, 4) is 11.5 Å². The monoisotopic (exact) mass is 573 g/mol. The first-order chi connectivity index (χ1) is 18.2. The van der Waals surface area contributed by atoms with Gasteiger partial charge in [-0.05, 0) is 63.1 Å². The molecule has 1 fully saturated rings. The molecule has 1 heterocycles. The first kappa shape index (κ1) is 33.2. The SMILES string of the molecule is C=C(C)[C@@H]1CCC(C)=C[C@H]1c1c(O)cc(CCCCC)cc1OS(=O)(=O)O.N[C@@H]1[C@@H](O)[C@H](O)[C@@H](CO)O[C@H]1O. The molecule has 11 nitrogen and oxygen atoms in total. The molecule has 1 aliphatic heterocycles. The van der Waals surface area contributed by atoms with Crippen LogP contribution in [0.25, 0.3) is 0 Å². The number of ether oxygens (including phenoxy) is 1. The van der Waals surface area contributed by atoms with Gasteiger partial charge in [0.1, 0.15) is 24.1 Å². The zero-order chi connectivity index (χ0) is 29.5. The number of hydrogen-bond acceptors (Lipinski definition) is 10. The average molecular weight is 574 g/mol. The Balaban J connectivity index is 0.000000370. The van der Waals surface area contributed by atoms with Crippen LogP contribution in [0.15, 0.2) is 35.9 Å². The summed E-state index contributed by atoms with van der Waals surface area (Å²) in [6, 6.07) is 2.25. The van der Waals surface area contributed by atoms with Crippen LogP contribution < -0.4 is 9.92 Å². The van der Waals surface area contributed by atoms with Gasteiger partial charge in [-0.2, -0.15) is 8.42 Å². The Bertz CT molecular complexity index is 1100. The van der Waals surface area contributed by atoms with Crippen LogP contribution in [0.1, 0.15) is 69.9 Å². The Morgan fingerprint density at radius 2 is 1.87 bits per heavy atom. The van der Waals surface area contributed by atoms with E-state index in [2.05, 4.69) is 13.5 Å². The quantitative estimate of drug-likeness (QED) is 0.130. The van der Waals surface area contributed by atoms with E-state index in [0.29, 0.717) is 12.0 Å². The fourth-order valence-corrected chi connectivity index (χ4v) is 5.30. The maximum absolute atomic E-state index is 11.4. The van der Waals surface area contributed by atoms with Crippen molar-refractivity contribution in [3.63, 3.8) is 0 Å². The Morgan fingerprint density at radius 1 is 1.21 bits per heavy atom. The summed E-state index contributed by atoms with van der Waals surface area (Å²) in [5.41, 5.74) is 8.57. The van der Waals surface area contributed by atoms with Gasteiger partial charge in [-0.3, -0.25) is 4.55 Å². The molecule has 0 spiro atoms. The van der Waals surface area contributed by atoms with Crippen molar-refractivity contribution < 1.29 is 47.4 Å². The summed E-state index contributed by atoms with van der Waals surface area (Å²) in [7, 11) is -4.70. The van der Waals surface area contributed by atoms with E-state index in [4.69, 9.17) is 24.9 Å². The number of hydrogen-bond donors (Lipinski definition) is 7. The van der Waals surface area contributed by atoms with Gasteiger partial charge in [0.05, 0.1) is 12.6 Å². The molecule has 0 amide bonds. The smallest absolute Gasteiger partial charge is 0.446 e. The highest BCUT2D eigenvalue weighted by molar-refractivity contribution is 7.81. The fourth-order valence-electron chi connectivity index (χ4n) is 4.93. The molecule has 1 aromatic carbocycles. The molecule has 39 heavy (non-hydrogen) atoms. The predicted octanol–water partition coefficient (Wildman–Crippen LogP) is 2.07. The maximum Gasteiger partial charge on any atom is 0.446 e. The van der Waals surface area contributed by atoms with Crippen molar-refractivity contribution in [1.29, 1.82) is 0 Å². The second-order valence-corrected chi connectivity index (χ2v) is 11.4. The number of benzene rings is 1. The molecule has 3 rings (SSSR count). The molecule has 1 aliphatic carbocycles. The van der Waals surface area contributed by atoms with Crippen LogP contribution in [0.2, 0.25) is 0 Å². The normalized spacial score (nSPS) is 29.2. The third-order valence-electron chi connectivity index (χ3n) is 7.11. The summed E-state index contributed by atoms with van der Waals surface area (Å²) >= 11 is 0. The van der Waals surface area contributed by atoms with E-state index in [1.54, 1.807) is 12.1 Å². The van der Waals surface area contributed by atoms with E-state index < -0.39 is 47.6 Å². The molecule has 8 N–H and O–H groups in total. The number of aryl methyl sites for hydroxylation is 1. The standard InChI is InChI=1S/C21H30O5S.C6H13NO5/c1-5-6-7-8-16-12-19(22)21(20(13-16)26-27(23,24)25)18-11-15(4)9-10-17(18)14(2)3;7-3-5(10)4(9)2(1-8)12-6(3)11/h11-13,17-18,22H,2,5-10H2,1,3-4H3,(H,23,24,25);2-6,8-11H,1,7H2/t17-,18+;2-,3-,4-,5-,6-/m01/s1. The van der Waals surface area contributed by atoms with Crippen LogP contribution in [0, 0.1) is 5.92 Å². The summed E-state index contributed by atoms with van der Waals surface area (Å²) in [6.07, 6.45) is 2.71. The molecule has 2 aliphatic rings. The summed E-state index contributed by atoms with van der Waals surface area (Å²) < 4.78 is 41.7. The first-order valence-electron chi connectivity index (χ1n) is 13.1. The lowest BCUT2D eigenvalue weighted by atomic mass is 9.73. The number of aromatic hydroxyl groups is 1. The number of phenolic OH excluding ortho intramolecular Hbond substituents is 1. The van der Waals surface area contributed by atoms with E-state index in [-0.39, 0.29) is 23.3 Å². The Labute approximate surface area is 230 Å².